The smallest absolute Gasteiger partial charge is 0.123 e. The molecule has 1 aromatic rings. The Morgan fingerprint density at radius 1 is 1.43 bits per heavy atom. The van der Waals surface area contributed by atoms with Gasteiger partial charge in [0.25, 0.3) is 0 Å². The molecule has 1 rings (SSSR count). The molecule has 0 atom stereocenters. The van der Waals surface area contributed by atoms with E-state index in [0.717, 1.165) is 23.5 Å². The summed E-state index contributed by atoms with van der Waals surface area (Å²) in [5, 5.41) is 0. The molecule has 0 aliphatic rings. The van der Waals surface area contributed by atoms with Gasteiger partial charge in [-0.15, -0.1) is 0 Å². The first-order valence-electron chi connectivity index (χ1n) is 4.62. The van der Waals surface area contributed by atoms with E-state index in [1.54, 1.807) is 17.8 Å². The van der Waals surface area contributed by atoms with Crippen molar-refractivity contribution < 1.29 is 9.13 Å². The van der Waals surface area contributed by atoms with Gasteiger partial charge in [-0.2, -0.15) is 11.8 Å². The highest BCUT2D eigenvalue weighted by molar-refractivity contribution is 7.98. The third kappa shape index (κ3) is 3.58. The van der Waals surface area contributed by atoms with Crippen molar-refractivity contribution in [3.63, 3.8) is 0 Å². The molecule has 0 bridgehead atoms. The summed E-state index contributed by atoms with van der Waals surface area (Å²) in [6.45, 7) is 2.56. The summed E-state index contributed by atoms with van der Waals surface area (Å²) in [6, 6.07) is 4.60. The van der Waals surface area contributed by atoms with Crippen LogP contribution in [0.1, 0.15) is 12.0 Å². The van der Waals surface area contributed by atoms with Crippen molar-refractivity contribution in [3.05, 3.63) is 29.6 Å². The summed E-state index contributed by atoms with van der Waals surface area (Å²) in [6.07, 6.45) is 3.10. The molecular formula is C11H15FOS. The zero-order chi connectivity index (χ0) is 10.4. The molecule has 0 saturated carbocycles. The number of hydrogen-bond donors (Lipinski definition) is 0. The van der Waals surface area contributed by atoms with Crippen LogP contribution in [0.2, 0.25) is 0 Å². The molecule has 3 heteroatoms. The largest absolute Gasteiger partial charge is 0.493 e. The van der Waals surface area contributed by atoms with E-state index in [-0.39, 0.29) is 5.82 Å². The molecule has 0 aliphatic heterocycles. The highest BCUT2D eigenvalue weighted by Gasteiger charge is 2.00. The summed E-state index contributed by atoms with van der Waals surface area (Å²) >= 11 is 1.80. The van der Waals surface area contributed by atoms with Crippen LogP contribution in [0.4, 0.5) is 4.39 Å². The predicted octanol–water partition coefficient (Wildman–Crippen LogP) is 3.27. The van der Waals surface area contributed by atoms with Crippen LogP contribution in [0, 0.1) is 12.7 Å². The van der Waals surface area contributed by atoms with Crippen LogP contribution >= 0.6 is 11.8 Å². The van der Waals surface area contributed by atoms with Gasteiger partial charge in [-0.05, 0) is 49.1 Å². The Bertz CT molecular complexity index is 289. The summed E-state index contributed by atoms with van der Waals surface area (Å²) in [5.74, 6) is 1.67. The molecule has 0 unspecified atom stereocenters. The maximum absolute atomic E-state index is 12.7. The van der Waals surface area contributed by atoms with Crippen molar-refractivity contribution in [1.82, 2.24) is 0 Å². The zero-order valence-corrected chi connectivity index (χ0v) is 9.36. The van der Waals surface area contributed by atoms with E-state index >= 15 is 0 Å². The number of rotatable bonds is 5. The minimum Gasteiger partial charge on any atom is -0.493 e. The molecule has 0 heterocycles. The van der Waals surface area contributed by atoms with Crippen LogP contribution in [-0.4, -0.2) is 18.6 Å². The minimum atomic E-state index is -0.209. The molecule has 0 fully saturated rings. The van der Waals surface area contributed by atoms with Crippen molar-refractivity contribution in [1.29, 1.82) is 0 Å². The van der Waals surface area contributed by atoms with Crippen molar-refractivity contribution >= 4 is 11.8 Å². The average Bonchev–Trinajstić information content (AvgIpc) is 2.15. The van der Waals surface area contributed by atoms with Crippen molar-refractivity contribution in [2.75, 3.05) is 18.6 Å². The fourth-order valence-electron chi connectivity index (χ4n) is 1.16. The maximum atomic E-state index is 12.7. The highest BCUT2D eigenvalue weighted by atomic mass is 32.2. The predicted molar refractivity (Wildman–Crippen MR) is 59.6 cm³/mol. The first-order chi connectivity index (χ1) is 6.74. The summed E-state index contributed by atoms with van der Waals surface area (Å²) in [5.41, 5.74) is 0.856. The number of thioether (sulfide) groups is 1. The van der Waals surface area contributed by atoms with Crippen LogP contribution in [0.5, 0.6) is 5.75 Å². The van der Waals surface area contributed by atoms with Gasteiger partial charge in [-0.25, -0.2) is 4.39 Å². The maximum Gasteiger partial charge on any atom is 0.123 e. The second-order valence-electron chi connectivity index (χ2n) is 3.10. The fourth-order valence-corrected chi connectivity index (χ4v) is 1.57. The van der Waals surface area contributed by atoms with Gasteiger partial charge in [-0.3, -0.25) is 0 Å². The Kier molecular flexibility index (Phi) is 4.80. The summed E-state index contributed by atoms with van der Waals surface area (Å²) in [7, 11) is 0. The molecule has 0 radical (unpaired) electrons. The Hall–Kier alpha value is -0.700. The van der Waals surface area contributed by atoms with Crippen LogP contribution in [-0.2, 0) is 0 Å². The number of hydrogen-bond acceptors (Lipinski definition) is 2. The highest BCUT2D eigenvalue weighted by Crippen LogP contribution is 2.18. The van der Waals surface area contributed by atoms with Gasteiger partial charge in [0, 0.05) is 0 Å². The fraction of sp³-hybridized carbons (Fsp3) is 0.455. The van der Waals surface area contributed by atoms with Crippen LogP contribution in [0.3, 0.4) is 0 Å². The van der Waals surface area contributed by atoms with Crippen molar-refractivity contribution in [2.24, 2.45) is 0 Å². The molecule has 1 nitrogen and oxygen atoms in total. The minimum absolute atomic E-state index is 0.209. The molecule has 0 saturated heterocycles. The average molecular weight is 214 g/mol. The number of ether oxygens (including phenoxy) is 1. The van der Waals surface area contributed by atoms with Crippen LogP contribution in [0.15, 0.2) is 18.2 Å². The number of benzene rings is 1. The Morgan fingerprint density at radius 2 is 2.21 bits per heavy atom. The van der Waals surface area contributed by atoms with Crippen LogP contribution < -0.4 is 4.74 Å². The Balaban J connectivity index is 2.42. The molecular weight excluding hydrogens is 199 g/mol. The van der Waals surface area contributed by atoms with Gasteiger partial charge in [-0.1, -0.05) is 0 Å². The molecule has 0 aliphatic carbocycles. The topological polar surface area (TPSA) is 9.23 Å². The lowest BCUT2D eigenvalue weighted by Gasteiger charge is -2.08. The molecule has 0 amide bonds. The van der Waals surface area contributed by atoms with Gasteiger partial charge in [0.15, 0.2) is 0 Å². The second kappa shape index (κ2) is 5.91. The van der Waals surface area contributed by atoms with E-state index in [2.05, 4.69) is 6.26 Å². The standard InChI is InChI=1S/C11H15FOS/c1-9-8-10(12)4-5-11(9)13-6-3-7-14-2/h4-5,8H,3,6-7H2,1-2H3. The molecule has 78 valence electrons. The third-order valence-electron chi connectivity index (χ3n) is 1.89. The van der Waals surface area contributed by atoms with E-state index in [0.29, 0.717) is 6.61 Å². The monoisotopic (exact) mass is 214 g/mol. The van der Waals surface area contributed by atoms with Gasteiger partial charge >= 0.3 is 0 Å². The molecule has 0 spiro atoms. The van der Waals surface area contributed by atoms with E-state index in [1.165, 1.54) is 12.1 Å². The summed E-state index contributed by atoms with van der Waals surface area (Å²) < 4.78 is 18.2. The van der Waals surface area contributed by atoms with Crippen LogP contribution in [0.25, 0.3) is 0 Å². The Labute approximate surface area is 88.7 Å². The van der Waals surface area contributed by atoms with E-state index < -0.39 is 0 Å². The lowest BCUT2D eigenvalue weighted by atomic mass is 10.2. The number of halogens is 1. The molecule has 14 heavy (non-hydrogen) atoms. The first-order valence-corrected chi connectivity index (χ1v) is 6.01. The Morgan fingerprint density at radius 3 is 2.86 bits per heavy atom. The second-order valence-corrected chi connectivity index (χ2v) is 4.09. The molecule has 1 aromatic carbocycles. The normalized spacial score (nSPS) is 10.2. The molecule has 0 N–H and O–H groups in total. The summed E-state index contributed by atoms with van der Waals surface area (Å²) in [4.78, 5) is 0. The van der Waals surface area contributed by atoms with Gasteiger partial charge < -0.3 is 4.74 Å². The van der Waals surface area contributed by atoms with E-state index in [9.17, 15) is 4.39 Å². The quantitative estimate of drug-likeness (QED) is 0.696. The molecule has 0 aromatic heterocycles. The lowest BCUT2D eigenvalue weighted by molar-refractivity contribution is 0.316. The van der Waals surface area contributed by atoms with Gasteiger partial charge in [0.1, 0.15) is 11.6 Å². The number of aryl methyl sites for hydroxylation is 1. The first kappa shape index (κ1) is 11.4. The zero-order valence-electron chi connectivity index (χ0n) is 8.55. The third-order valence-corrected chi connectivity index (χ3v) is 2.58. The lowest BCUT2D eigenvalue weighted by Crippen LogP contribution is -2.00. The van der Waals surface area contributed by atoms with Gasteiger partial charge in [0.2, 0.25) is 0 Å². The van der Waals surface area contributed by atoms with Crippen molar-refractivity contribution in [3.8, 4) is 5.75 Å². The van der Waals surface area contributed by atoms with Crippen molar-refractivity contribution in [2.45, 2.75) is 13.3 Å². The SMILES string of the molecule is CSCCCOc1ccc(F)cc1C. The van der Waals surface area contributed by atoms with Gasteiger partial charge in [0.05, 0.1) is 6.61 Å². The van der Waals surface area contributed by atoms with E-state index in [4.69, 9.17) is 4.74 Å². The van der Waals surface area contributed by atoms with E-state index in [1.807, 2.05) is 6.92 Å².